The normalized spacial score (nSPS) is 12.0. The maximum Gasteiger partial charge on any atom is 0.0641 e. The summed E-state index contributed by atoms with van der Waals surface area (Å²) in [6.07, 6.45) is 0. The molecule has 6 rings (SSSR count). The van der Waals surface area contributed by atoms with E-state index in [2.05, 4.69) is 109 Å². The predicted molar refractivity (Wildman–Crippen MR) is 129 cm³/mol. The van der Waals surface area contributed by atoms with Crippen LogP contribution in [0.15, 0.2) is 78.9 Å². The second-order valence-electron chi connectivity index (χ2n) is 8.32. The SMILES string of the molecule is CCn1c2ccccc2c2c1ccc1c3ccccc3n(-c3cc(C)cc(C)c3)c12. The first kappa shape index (κ1) is 17.3. The number of hydrogen-bond donors (Lipinski definition) is 0. The van der Waals surface area contributed by atoms with Gasteiger partial charge in [-0.05, 0) is 62.2 Å². The van der Waals surface area contributed by atoms with Gasteiger partial charge in [0, 0.05) is 39.3 Å². The Morgan fingerprint density at radius 3 is 2.03 bits per heavy atom. The van der Waals surface area contributed by atoms with Crippen molar-refractivity contribution in [1.29, 1.82) is 0 Å². The molecule has 30 heavy (non-hydrogen) atoms. The quantitative estimate of drug-likeness (QED) is 0.290. The van der Waals surface area contributed by atoms with Gasteiger partial charge in [0.25, 0.3) is 0 Å². The molecule has 0 N–H and O–H groups in total. The lowest BCUT2D eigenvalue weighted by molar-refractivity contribution is 0.827. The van der Waals surface area contributed by atoms with Crippen LogP contribution >= 0.6 is 0 Å². The second-order valence-corrected chi connectivity index (χ2v) is 8.32. The van der Waals surface area contributed by atoms with Gasteiger partial charge in [-0.3, -0.25) is 0 Å². The van der Waals surface area contributed by atoms with E-state index < -0.39 is 0 Å². The molecule has 0 atom stereocenters. The van der Waals surface area contributed by atoms with E-state index in [1.54, 1.807) is 0 Å². The van der Waals surface area contributed by atoms with Crippen molar-refractivity contribution in [2.24, 2.45) is 0 Å². The van der Waals surface area contributed by atoms with Gasteiger partial charge in [0.1, 0.15) is 0 Å². The highest BCUT2D eigenvalue weighted by Gasteiger charge is 2.19. The van der Waals surface area contributed by atoms with Gasteiger partial charge >= 0.3 is 0 Å². The fourth-order valence-corrected chi connectivity index (χ4v) is 5.28. The molecular formula is C28H24N2. The lowest BCUT2D eigenvalue weighted by atomic mass is 10.1. The van der Waals surface area contributed by atoms with Crippen molar-refractivity contribution in [1.82, 2.24) is 9.13 Å². The van der Waals surface area contributed by atoms with Crippen LogP contribution in [0.4, 0.5) is 0 Å². The first-order valence-electron chi connectivity index (χ1n) is 10.7. The van der Waals surface area contributed by atoms with E-state index in [1.807, 2.05) is 0 Å². The molecule has 0 fully saturated rings. The van der Waals surface area contributed by atoms with E-state index in [1.165, 1.54) is 60.4 Å². The van der Waals surface area contributed by atoms with E-state index in [4.69, 9.17) is 0 Å². The summed E-state index contributed by atoms with van der Waals surface area (Å²) in [7, 11) is 0. The number of aryl methyl sites for hydroxylation is 3. The molecule has 0 spiro atoms. The molecule has 2 aromatic heterocycles. The van der Waals surface area contributed by atoms with Crippen molar-refractivity contribution >= 4 is 43.6 Å². The van der Waals surface area contributed by atoms with E-state index in [0.717, 1.165) is 6.54 Å². The maximum absolute atomic E-state index is 2.47. The number of rotatable bonds is 2. The Morgan fingerprint density at radius 1 is 0.633 bits per heavy atom. The highest BCUT2D eigenvalue weighted by Crippen LogP contribution is 2.40. The van der Waals surface area contributed by atoms with E-state index >= 15 is 0 Å². The Kier molecular flexibility index (Phi) is 3.61. The fraction of sp³-hybridized carbons (Fsp3) is 0.143. The molecule has 0 aliphatic rings. The van der Waals surface area contributed by atoms with Crippen molar-refractivity contribution < 1.29 is 0 Å². The standard InChI is InChI=1S/C28H24N2/c1-4-29-24-11-7-6-10-23(24)27-26(29)14-13-22-21-9-5-8-12-25(21)30(28(22)27)20-16-18(2)15-19(3)17-20/h5-17H,4H2,1-3H3. The Labute approximate surface area is 176 Å². The predicted octanol–water partition coefficient (Wildman–Crippen LogP) is 7.53. The molecule has 0 saturated heterocycles. The number of hydrogen-bond acceptors (Lipinski definition) is 0. The average molecular weight is 389 g/mol. The molecule has 0 unspecified atom stereocenters. The minimum absolute atomic E-state index is 0.958. The minimum Gasteiger partial charge on any atom is -0.341 e. The van der Waals surface area contributed by atoms with Crippen LogP contribution in [0.2, 0.25) is 0 Å². The molecule has 0 aliphatic heterocycles. The average Bonchev–Trinajstić information content (AvgIpc) is 3.25. The smallest absolute Gasteiger partial charge is 0.0641 e. The van der Waals surface area contributed by atoms with Crippen molar-refractivity contribution in [3.63, 3.8) is 0 Å². The van der Waals surface area contributed by atoms with Crippen LogP contribution in [0.1, 0.15) is 18.1 Å². The Bertz CT molecular complexity index is 1570. The third-order valence-corrected chi connectivity index (χ3v) is 6.35. The first-order chi connectivity index (χ1) is 14.7. The topological polar surface area (TPSA) is 9.86 Å². The zero-order valence-electron chi connectivity index (χ0n) is 17.6. The van der Waals surface area contributed by atoms with Gasteiger partial charge in [-0.1, -0.05) is 48.5 Å². The molecule has 4 aromatic carbocycles. The second kappa shape index (κ2) is 6.24. The highest BCUT2D eigenvalue weighted by molar-refractivity contribution is 6.25. The number of aromatic nitrogens is 2. The first-order valence-corrected chi connectivity index (χ1v) is 10.7. The van der Waals surface area contributed by atoms with Crippen LogP contribution in [-0.4, -0.2) is 9.13 Å². The van der Waals surface area contributed by atoms with Crippen molar-refractivity contribution in [2.45, 2.75) is 27.3 Å². The summed E-state index contributed by atoms with van der Waals surface area (Å²) in [6.45, 7) is 7.56. The molecule has 146 valence electrons. The Hall–Kier alpha value is -3.52. The molecule has 6 aromatic rings. The summed E-state index contributed by atoms with van der Waals surface area (Å²) < 4.78 is 4.91. The zero-order chi connectivity index (χ0) is 20.4. The van der Waals surface area contributed by atoms with Crippen LogP contribution in [0.5, 0.6) is 0 Å². The van der Waals surface area contributed by atoms with Crippen LogP contribution in [0.3, 0.4) is 0 Å². The monoisotopic (exact) mass is 388 g/mol. The van der Waals surface area contributed by atoms with Gasteiger partial charge in [-0.2, -0.15) is 0 Å². The van der Waals surface area contributed by atoms with Crippen LogP contribution in [0.25, 0.3) is 49.3 Å². The van der Waals surface area contributed by atoms with Gasteiger partial charge in [0.15, 0.2) is 0 Å². The summed E-state index contributed by atoms with van der Waals surface area (Å²) in [6, 6.07) is 29.1. The van der Waals surface area contributed by atoms with E-state index in [-0.39, 0.29) is 0 Å². The van der Waals surface area contributed by atoms with Crippen molar-refractivity contribution in [3.05, 3.63) is 90.0 Å². The van der Waals surface area contributed by atoms with Crippen molar-refractivity contribution in [2.75, 3.05) is 0 Å². The molecule has 2 heteroatoms. The summed E-state index contributed by atoms with van der Waals surface area (Å²) >= 11 is 0. The summed E-state index contributed by atoms with van der Waals surface area (Å²) in [5.74, 6) is 0. The zero-order valence-corrected chi connectivity index (χ0v) is 17.6. The Balaban J connectivity index is 1.93. The molecule has 2 nitrogen and oxygen atoms in total. The van der Waals surface area contributed by atoms with Crippen molar-refractivity contribution in [3.8, 4) is 5.69 Å². The van der Waals surface area contributed by atoms with Gasteiger partial charge in [0.05, 0.1) is 16.6 Å². The lowest BCUT2D eigenvalue weighted by Crippen LogP contribution is -1.96. The van der Waals surface area contributed by atoms with Gasteiger partial charge < -0.3 is 9.13 Å². The third-order valence-electron chi connectivity index (χ3n) is 6.35. The summed E-state index contributed by atoms with van der Waals surface area (Å²) in [5, 5.41) is 5.30. The summed E-state index contributed by atoms with van der Waals surface area (Å²) in [4.78, 5) is 0. The molecule has 0 radical (unpaired) electrons. The van der Waals surface area contributed by atoms with Gasteiger partial charge in [-0.25, -0.2) is 0 Å². The fourth-order valence-electron chi connectivity index (χ4n) is 5.28. The van der Waals surface area contributed by atoms with Crippen LogP contribution in [-0.2, 0) is 6.54 Å². The molecule has 0 saturated carbocycles. The van der Waals surface area contributed by atoms with Gasteiger partial charge in [0.2, 0.25) is 0 Å². The van der Waals surface area contributed by atoms with Gasteiger partial charge in [-0.15, -0.1) is 0 Å². The van der Waals surface area contributed by atoms with Crippen LogP contribution in [0, 0.1) is 13.8 Å². The molecular weight excluding hydrogens is 364 g/mol. The largest absolute Gasteiger partial charge is 0.341 e. The van der Waals surface area contributed by atoms with E-state index in [9.17, 15) is 0 Å². The molecule has 2 heterocycles. The third kappa shape index (κ3) is 2.25. The molecule has 0 amide bonds. The Morgan fingerprint density at radius 2 is 1.30 bits per heavy atom. The van der Waals surface area contributed by atoms with E-state index in [0.29, 0.717) is 0 Å². The maximum atomic E-state index is 2.47. The number of nitrogens with zero attached hydrogens (tertiary/aromatic N) is 2. The van der Waals surface area contributed by atoms with Crippen LogP contribution < -0.4 is 0 Å². The summed E-state index contributed by atoms with van der Waals surface area (Å²) in [5.41, 5.74) is 9.00. The molecule has 0 bridgehead atoms. The number of fused-ring (bicyclic) bond motifs is 7. The lowest BCUT2D eigenvalue weighted by Gasteiger charge is -2.11. The molecule has 0 aliphatic carbocycles. The number of benzene rings is 4. The minimum atomic E-state index is 0.958. The number of para-hydroxylation sites is 2. The highest BCUT2D eigenvalue weighted by atomic mass is 15.0.